The zero-order valence-electron chi connectivity index (χ0n) is 12.0. The third-order valence-electron chi connectivity index (χ3n) is 3.04. The Labute approximate surface area is 114 Å². The first kappa shape index (κ1) is 15.8. The maximum Gasteiger partial charge on any atom is 0.326 e. The minimum absolute atomic E-state index is 0.422. The van der Waals surface area contributed by atoms with Gasteiger partial charge in [-0.2, -0.15) is 0 Å². The molecule has 1 aliphatic carbocycles. The molecule has 1 rings (SSSR count). The average Bonchev–Trinajstić information content (AvgIpc) is 3.07. The fourth-order valence-corrected chi connectivity index (χ4v) is 1.71. The van der Waals surface area contributed by atoms with Crippen LogP contribution in [0.15, 0.2) is 0 Å². The molecule has 4 N–H and O–H groups in total. The highest BCUT2D eigenvalue weighted by atomic mass is 16.4. The van der Waals surface area contributed by atoms with E-state index >= 15 is 0 Å². The Balaban J connectivity index is 2.18. The normalized spacial score (nSPS) is 16.8. The molecule has 0 heterocycles. The van der Waals surface area contributed by atoms with Crippen molar-refractivity contribution in [2.45, 2.75) is 52.1 Å². The van der Waals surface area contributed by atoms with E-state index in [2.05, 4.69) is 16.0 Å². The third-order valence-corrected chi connectivity index (χ3v) is 3.04. The van der Waals surface area contributed by atoms with Gasteiger partial charge in [-0.05, 0) is 31.2 Å². The number of urea groups is 1. The van der Waals surface area contributed by atoms with E-state index in [-0.39, 0.29) is 0 Å². The van der Waals surface area contributed by atoms with Gasteiger partial charge < -0.3 is 21.1 Å². The second-order valence-corrected chi connectivity index (χ2v) is 6.12. The zero-order chi connectivity index (χ0) is 14.5. The molecular weight excluding hydrogens is 246 g/mol. The summed E-state index contributed by atoms with van der Waals surface area (Å²) in [7, 11) is 0. The highest BCUT2D eigenvalue weighted by molar-refractivity contribution is 5.83. The van der Waals surface area contributed by atoms with E-state index in [0.29, 0.717) is 12.6 Å². The predicted octanol–water partition coefficient (Wildman–Crippen LogP) is 0.927. The molecule has 0 spiro atoms. The minimum Gasteiger partial charge on any atom is -0.480 e. The van der Waals surface area contributed by atoms with Crippen molar-refractivity contribution in [3.63, 3.8) is 0 Å². The SMILES string of the molecule is CC(C)(C)[C@H](NC(=O)NCCCNC1CC1)C(=O)O. The van der Waals surface area contributed by atoms with Crippen molar-refractivity contribution in [2.75, 3.05) is 13.1 Å². The number of hydrogen-bond acceptors (Lipinski definition) is 3. The molecular formula is C13H25N3O3. The minimum atomic E-state index is -1.02. The van der Waals surface area contributed by atoms with Gasteiger partial charge >= 0.3 is 12.0 Å². The van der Waals surface area contributed by atoms with Gasteiger partial charge in [0.2, 0.25) is 0 Å². The Morgan fingerprint density at radius 3 is 2.37 bits per heavy atom. The van der Waals surface area contributed by atoms with E-state index < -0.39 is 23.5 Å². The first-order valence-electron chi connectivity index (χ1n) is 6.81. The fraction of sp³-hybridized carbons (Fsp3) is 0.846. The molecule has 0 saturated heterocycles. The molecule has 6 nitrogen and oxygen atoms in total. The van der Waals surface area contributed by atoms with Crippen molar-refractivity contribution in [1.29, 1.82) is 0 Å². The number of carboxylic acid groups (broad SMARTS) is 1. The second-order valence-electron chi connectivity index (χ2n) is 6.12. The van der Waals surface area contributed by atoms with Gasteiger partial charge in [0.1, 0.15) is 6.04 Å². The average molecular weight is 271 g/mol. The molecule has 1 aliphatic rings. The maximum atomic E-state index is 11.6. The number of aliphatic carboxylic acids is 1. The van der Waals surface area contributed by atoms with Crippen LogP contribution >= 0.6 is 0 Å². The van der Waals surface area contributed by atoms with Crippen molar-refractivity contribution < 1.29 is 14.7 Å². The van der Waals surface area contributed by atoms with Crippen LogP contribution in [0.25, 0.3) is 0 Å². The maximum absolute atomic E-state index is 11.6. The molecule has 0 bridgehead atoms. The Kier molecular flexibility index (Phi) is 5.60. The lowest BCUT2D eigenvalue weighted by Crippen LogP contribution is -2.52. The quantitative estimate of drug-likeness (QED) is 0.518. The third kappa shape index (κ3) is 6.42. The molecule has 0 aliphatic heterocycles. The number of rotatable bonds is 7. The highest BCUT2D eigenvalue weighted by Crippen LogP contribution is 2.19. The van der Waals surface area contributed by atoms with E-state index in [0.717, 1.165) is 13.0 Å². The van der Waals surface area contributed by atoms with Crippen LogP contribution in [0, 0.1) is 5.41 Å². The summed E-state index contributed by atoms with van der Waals surface area (Å²) in [4.78, 5) is 22.7. The van der Waals surface area contributed by atoms with Gasteiger partial charge in [-0.15, -0.1) is 0 Å². The standard InChI is InChI=1S/C13H25N3O3/c1-13(2,3)10(11(17)18)16-12(19)15-8-4-7-14-9-5-6-9/h9-10,14H,4-8H2,1-3H3,(H,17,18)(H2,15,16,19)/t10-/m1/s1. The molecule has 0 aromatic heterocycles. The van der Waals surface area contributed by atoms with Crippen LogP contribution in [0.4, 0.5) is 4.79 Å². The molecule has 0 aromatic carbocycles. The van der Waals surface area contributed by atoms with Crippen molar-refractivity contribution in [1.82, 2.24) is 16.0 Å². The lowest BCUT2D eigenvalue weighted by atomic mass is 9.87. The Morgan fingerprint density at radius 2 is 1.89 bits per heavy atom. The van der Waals surface area contributed by atoms with E-state index in [1.165, 1.54) is 12.8 Å². The summed E-state index contributed by atoms with van der Waals surface area (Å²) in [6.07, 6.45) is 3.34. The Bertz CT molecular complexity index is 322. The first-order valence-corrected chi connectivity index (χ1v) is 6.81. The van der Waals surface area contributed by atoms with Gasteiger partial charge in [0.05, 0.1) is 0 Å². The summed E-state index contributed by atoms with van der Waals surface area (Å²) in [5, 5.41) is 17.6. The van der Waals surface area contributed by atoms with Crippen LogP contribution in [-0.4, -0.2) is 42.3 Å². The summed E-state index contributed by atoms with van der Waals surface area (Å²) in [6, 6.07) is -0.642. The van der Waals surface area contributed by atoms with Crippen LogP contribution in [0.2, 0.25) is 0 Å². The largest absolute Gasteiger partial charge is 0.480 e. The topological polar surface area (TPSA) is 90.5 Å². The number of carbonyl (C=O) groups excluding carboxylic acids is 1. The van der Waals surface area contributed by atoms with Crippen molar-refractivity contribution >= 4 is 12.0 Å². The van der Waals surface area contributed by atoms with E-state index in [4.69, 9.17) is 5.11 Å². The van der Waals surface area contributed by atoms with Crippen LogP contribution in [-0.2, 0) is 4.79 Å². The van der Waals surface area contributed by atoms with Crippen molar-refractivity contribution in [2.24, 2.45) is 5.41 Å². The monoisotopic (exact) mass is 271 g/mol. The number of carboxylic acids is 1. The van der Waals surface area contributed by atoms with Crippen molar-refractivity contribution in [3.05, 3.63) is 0 Å². The smallest absolute Gasteiger partial charge is 0.326 e. The van der Waals surface area contributed by atoms with Gasteiger partial charge in [0, 0.05) is 12.6 Å². The molecule has 2 amide bonds. The lowest BCUT2D eigenvalue weighted by Gasteiger charge is -2.27. The molecule has 0 aromatic rings. The highest BCUT2D eigenvalue weighted by Gasteiger charge is 2.32. The summed E-state index contributed by atoms with van der Waals surface area (Å²) < 4.78 is 0. The van der Waals surface area contributed by atoms with Gasteiger partial charge in [-0.25, -0.2) is 9.59 Å². The van der Waals surface area contributed by atoms with Crippen molar-refractivity contribution in [3.8, 4) is 0 Å². The molecule has 110 valence electrons. The van der Waals surface area contributed by atoms with E-state index in [9.17, 15) is 9.59 Å². The fourth-order valence-electron chi connectivity index (χ4n) is 1.71. The van der Waals surface area contributed by atoms with Gasteiger partial charge in [-0.1, -0.05) is 20.8 Å². The molecule has 0 unspecified atom stereocenters. The predicted molar refractivity (Wildman–Crippen MR) is 73.1 cm³/mol. The summed E-state index contributed by atoms with van der Waals surface area (Å²) in [5.74, 6) is -1.02. The second kappa shape index (κ2) is 6.75. The van der Waals surface area contributed by atoms with Crippen LogP contribution in [0.5, 0.6) is 0 Å². The Hall–Kier alpha value is -1.30. The number of nitrogens with one attached hydrogen (secondary N) is 3. The molecule has 1 atom stereocenters. The van der Waals surface area contributed by atoms with Gasteiger partial charge in [-0.3, -0.25) is 0 Å². The summed E-state index contributed by atoms with van der Waals surface area (Å²) in [5.41, 5.74) is -0.517. The molecule has 6 heteroatoms. The van der Waals surface area contributed by atoms with E-state index in [1.54, 1.807) is 20.8 Å². The molecule has 0 radical (unpaired) electrons. The number of hydrogen-bond donors (Lipinski definition) is 4. The molecule has 19 heavy (non-hydrogen) atoms. The number of amides is 2. The van der Waals surface area contributed by atoms with Gasteiger partial charge in [0.15, 0.2) is 0 Å². The Morgan fingerprint density at radius 1 is 1.26 bits per heavy atom. The summed E-state index contributed by atoms with van der Waals surface area (Å²) >= 11 is 0. The molecule has 1 saturated carbocycles. The molecule has 1 fully saturated rings. The van der Waals surface area contributed by atoms with Crippen LogP contribution < -0.4 is 16.0 Å². The summed E-state index contributed by atoms with van der Waals surface area (Å²) in [6.45, 7) is 6.78. The van der Waals surface area contributed by atoms with Crippen LogP contribution in [0.1, 0.15) is 40.0 Å². The van der Waals surface area contributed by atoms with Gasteiger partial charge in [0.25, 0.3) is 0 Å². The number of carbonyl (C=O) groups is 2. The zero-order valence-corrected chi connectivity index (χ0v) is 12.0. The van der Waals surface area contributed by atoms with E-state index in [1.807, 2.05) is 0 Å². The lowest BCUT2D eigenvalue weighted by molar-refractivity contribution is -0.141. The van der Waals surface area contributed by atoms with Crippen LogP contribution in [0.3, 0.4) is 0 Å². The first-order chi connectivity index (χ1) is 8.80.